The Morgan fingerprint density at radius 2 is 1.52 bits per heavy atom. The Labute approximate surface area is 251 Å². The first-order valence-electron chi connectivity index (χ1n) is 12.7. The van der Waals surface area contributed by atoms with E-state index in [4.69, 9.17) is 34.8 Å². The molecule has 3 aromatic rings. The number of anilines is 1. The van der Waals surface area contributed by atoms with Crippen molar-refractivity contribution < 1.29 is 18.0 Å². The van der Waals surface area contributed by atoms with Gasteiger partial charge in [-0.05, 0) is 61.7 Å². The number of carbonyl (C=O) groups excluding carboxylic acids is 2. The number of hydrogen-bond acceptors (Lipinski definition) is 4. The minimum Gasteiger partial charge on any atom is -0.354 e. The molecule has 0 unspecified atom stereocenters. The number of rotatable bonds is 11. The fourth-order valence-corrected chi connectivity index (χ4v) is 5.75. The predicted molar refractivity (Wildman–Crippen MR) is 161 cm³/mol. The Hall–Kier alpha value is -2.78. The predicted octanol–water partition coefficient (Wildman–Crippen LogP) is 6.34. The number of hydrogen-bond donors (Lipinski definition) is 1. The van der Waals surface area contributed by atoms with Crippen LogP contribution in [0.5, 0.6) is 0 Å². The third kappa shape index (κ3) is 7.91. The van der Waals surface area contributed by atoms with Gasteiger partial charge in [-0.2, -0.15) is 0 Å². The van der Waals surface area contributed by atoms with Crippen molar-refractivity contribution in [3.63, 3.8) is 0 Å². The Balaban J connectivity index is 2.05. The molecule has 3 aromatic carbocycles. The standard InChI is InChI=1S/C29H32Cl3N3O4S/c1-19(2)16-33-29(37)21(4)34(17-22-7-5-6-8-25(22)30)28(36)18-35(23-11-14-26(31)27(32)15-23)40(38,39)24-12-9-20(3)10-13-24/h5-15,19,21H,16-18H2,1-4H3,(H,33,37)/t21-/m0/s1. The average molecular weight is 625 g/mol. The number of halogens is 3. The van der Waals surface area contributed by atoms with E-state index in [-0.39, 0.29) is 39.0 Å². The molecule has 214 valence electrons. The second kappa shape index (κ2) is 13.7. The first-order valence-corrected chi connectivity index (χ1v) is 15.2. The van der Waals surface area contributed by atoms with Crippen LogP contribution in [-0.2, 0) is 26.2 Å². The van der Waals surface area contributed by atoms with E-state index in [0.29, 0.717) is 17.1 Å². The summed E-state index contributed by atoms with van der Waals surface area (Å²) in [6.07, 6.45) is 0. The first kappa shape index (κ1) is 31.7. The Kier molecular flexibility index (Phi) is 10.9. The van der Waals surface area contributed by atoms with E-state index >= 15 is 0 Å². The molecule has 0 aromatic heterocycles. The van der Waals surface area contributed by atoms with Crippen molar-refractivity contribution in [2.45, 2.75) is 45.2 Å². The molecule has 0 aliphatic rings. The van der Waals surface area contributed by atoms with E-state index in [1.54, 1.807) is 43.3 Å². The molecule has 0 heterocycles. The van der Waals surface area contributed by atoms with Gasteiger partial charge in [0.05, 0.1) is 20.6 Å². The molecule has 0 radical (unpaired) electrons. The molecule has 1 N–H and O–H groups in total. The van der Waals surface area contributed by atoms with Crippen LogP contribution in [0.15, 0.2) is 71.6 Å². The molecule has 0 saturated carbocycles. The number of sulfonamides is 1. The van der Waals surface area contributed by atoms with Gasteiger partial charge in [-0.1, -0.05) is 84.5 Å². The Bertz CT molecular complexity index is 1460. The van der Waals surface area contributed by atoms with E-state index < -0.39 is 28.5 Å². The molecular formula is C29H32Cl3N3O4S. The summed E-state index contributed by atoms with van der Waals surface area (Å²) in [6, 6.07) is 16.7. The maximum absolute atomic E-state index is 13.9. The van der Waals surface area contributed by atoms with Gasteiger partial charge in [0, 0.05) is 18.1 Å². The number of nitrogens with zero attached hydrogens (tertiary/aromatic N) is 2. The van der Waals surface area contributed by atoms with Gasteiger partial charge in [0.1, 0.15) is 12.6 Å². The summed E-state index contributed by atoms with van der Waals surface area (Å²) < 4.78 is 28.7. The lowest BCUT2D eigenvalue weighted by atomic mass is 10.1. The summed E-state index contributed by atoms with van der Waals surface area (Å²) in [6.45, 7) is 7.19. The van der Waals surface area contributed by atoms with E-state index in [9.17, 15) is 18.0 Å². The van der Waals surface area contributed by atoms with Crippen molar-refractivity contribution in [2.75, 3.05) is 17.4 Å². The fourth-order valence-electron chi connectivity index (χ4n) is 3.85. The summed E-state index contributed by atoms with van der Waals surface area (Å²) in [5.74, 6) is -0.765. The van der Waals surface area contributed by atoms with Crippen LogP contribution in [0.3, 0.4) is 0 Å². The normalized spacial score (nSPS) is 12.2. The summed E-state index contributed by atoms with van der Waals surface area (Å²) in [7, 11) is -4.22. The lowest BCUT2D eigenvalue weighted by Crippen LogP contribution is -2.51. The van der Waals surface area contributed by atoms with Crippen LogP contribution in [0, 0.1) is 12.8 Å². The maximum Gasteiger partial charge on any atom is 0.264 e. The smallest absolute Gasteiger partial charge is 0.264 e. The number of carbonyl (C=O) groups is 2. The molecule has 0 fully saturated rings. The van der Waals surface area contributed by atoms with Crippen molar-refractivity contribution in [1.29, 1.82) is 0 Å². The van der Waals surface area contributed by atoms with Gasteiger partial charge in [-0.25, -0.2) is 8.42 Å². The molecule has 11 heteroatoms. The zero-order valence-electron chi connectivity index (χ0n) is 22.7. The van der Waals surface area contributed by atoms with Crippen molar-refractivity contribution in [3.8, 4) is 0 Å². The second-order valence-electron chi connectivity index (χ2n) is 9.85. The Morgan fingerprint density at radius 1 is 0.875 bits per heavy atom. The lowest BCUT2D eigenvalue weighted by molar-refractivity contribution is -0.139. The van der Waals surface area contributed by atoms with E-state index in [1.807, 2.05) is 20.8 Å². The second-order valence-corrected chi connectivity index (χ2v) is 12.9. The molecule has 3 rings (SSSR count). The third-order valence-corrected chi connectivity index (χ3v) is 9.13. The third-order valence-electron chi connectivity index (χ3n) is 6.23. The highest BCUT2D eigenvalue weighted by Gasteiger charge is 2.33. The van der Waals surface area contributed by atoms with Crippen LogP contribution in [0.1, 0.15) is 31.9 Å². The minimum atomic E-state index is -4.22. The maximum atomic E-state index is 13.9. The monoisotopic (exact) mass is 623 g/mol. The quantitative estimate of drug-likeness (QED) is 0.270. The zero-order valence-corrected chi connectivity index (χ0v) is 25.8. The molecule has 1 atom stereocenters. The highest BCUT2D eigenvalue weighted by molar-refractivity contribution is 7.92. The van der Waals surface area contributed by atoms with Crippen molar-refractivity contribution in [2.24, 2.45) is 5.92 Å². The topological polar surface area (TPSA) is 86.8 Å². The molecule has 0 spiro atoms. The van der Waals surface area contributed by atoms with Gasteiger partial charge >= 0.3 is 0 Å². The van der Waals surface area contributed by atoms with Crippen molar-refractivity contribution in [3.05, 3.63) is 92.9 Å². The summed E-state index contributed by atoms with van der Waals surface area (Å²) in [4.78, 5) is 28.3. The molecule has 7 nitrogen and oxygen atoms in total. The Morgan fingerprint density at radius 3 is 2.12 bits per heavy atom. The zero-order chi connectivity index (χ0) is 29.6. The van der Waals surface area contributed by atoms with Gasteiger partial charge in [0.15, 0.2) is 0 Å². The number of aryl methyl sites for hydroxylation is 1. The summed E-state index contributed by atoms with van der Waals surface area (Å²) in [5, 5.41) is 3.63. The van der Waals surface area contributed by atoms with E-state index in [2.05, 4.69) is 5.32 Å². The molecule has 40 heavy (non-hydrogen) atoms. The van der Waals surface area contributed by atoms with Crippen molar-refractivity contribution in [1.82, 2.24) is 10.2 Å². The number of nitrogens with one attached hydrogen (secondary N) is 1. The SMILES string of the molecule is Cc1ccc(S(=O)(=O)N(CC(=O)N(Cc2ccccc2Cl)[C@@H](C)C(=O)NCC(C)C)c2ccc(Cl)c(Cl)c2)cc1. The fraction of sp³-hybridized carbons (Fsp3) is 0.310. The van der Waals surface area contributed by atoms with Crippen LogP contribution >= 0.6 is 34.8 Å². The number of benzene rings is 3. The largest absolute Gasteiger partial charge is 0.354 e. The van der Waals surface area contributed by atoms with Crippen LogP contribution in [0.25, 0.3) is 0 Å². The van der Waals surface area contributed by atoms with Gasteiger partial charge in [0.2, 0.25) is 11.8 Å². The first-order chi connectivity index (χ1) is 18.8. The average Bonchev–Trinajstić information content (AvgIpc) is 2.91. The van der Waals surface area contributed by atoms with Crippen molar-refractivity contribution >= 4 is 62.3 Å². The van der Waals surface area contributed by atoms with Crippen LogP contribution in [0.2, 0.25) is 15.1 Å². The molecule has 0 bridgehead atoms. The van der Waals surface area contributed by atoms with Gasteiger partial charge < -0.3 is 10.2 Å². The molecule has 0 aliphatic carbocycles. The summed E-state index contributed by atoms with van der Waals surface area (Å²) in [5.41, 5.74) is 1.64. The van der Waals surface area contributed by atoms with Crippen LogP contribution in [-0.4, -0.2) is 44.3 Å². The lowest BCUT2D eigenvalue weighted by Gasteiger charge is -2.32. The summed E-state index contributed by atoms with van der Waals surface area (Å²) >= 11 is 18.7. The van der Waals surface area contributed by atoms with Crippen LogP contribution < -0.4 is 9.62 Å². The molecule has 0 saturated heterocycles. The van der Waals surface area contributed by atoms with Gasteiger partial charge in [-0.3, -0.25) is 13.9 Å². The minimum absolute atomic E-state index is 0.00245. The molecule has 0 aliphatic heterocycles. The van der Waals surface area contributed by atoms with E-state index in [0.717, 1.165) is 9.87 Å². The van der Waals surface area contributed by atoms with Crippen LogP contribution in [0.4, 0.5) is 5.69 Å². The van der Waals surface area contributed by atoms with Gasteiger partial charge in [-0.15, -0.1) is 0 Å². The highest BCUT2D eigenvalue weighted by Crippen LogP contribution is 2.31. The number of amides is 2. The highest BCUT2D eigenvalue weighted by atomic mass is 35.5. The van der Waals surface area contributed by atoms with E-state index in [1.165, 1.54) is 35.2 Å². The molecular weight excluding hydrogens is 593 g/mol. The molecule has 2 amide bonds. The van der Waals surface area contributed by atoms with Gasteiger partial charge in [0.25, 0.3) is 10.0 Å².